The molecule has 0 spiro atoms. The van der Waals surface area contributed by atoms with Gasteiger partial charge in [0.15, 0.2) is 5.52 Å². The number of methoxy groups -OCH3 is 1. The van der Waals surface area contributed by atoms with Crippen LogP contribution in [-0.2, 0) is 4.74 Å². The smallest absolute Gasteiger partial charge is 0.461 e. The Morgan fingerprint density at radius 2 is 2.15 bits per heavy atom. The van der Waals surface area contributed by atoms with Crippen LogP contribution in [0.2, 0.25) is 0 Å². The van der Waals surface area contributed by atoms with E-state index in [-0.39, 0.29) is 27.9 Å². The monoisotopic (exact) mass is 282 g/mol. The number of rotatable bonds is 5. The third-order valence-electron chi connectivity index (χ3n) is 2.93. The molecule has 1 atom stereocenters. The Kier molecular flexibility index (Phi) is 4.14. The van der Waals surface area contributed by atoms with Crippen LogP contribution in [0.5, 0.6) is 0 Å². The van der Waals surface area contributed by atoms with E-state index in [1.807, 2.05) is 6.92 Å². The van der Waals surface area contributed by atoms with Gasteiger partial charge in [-0.25, -0.2) is 9.12 Å². The molecule has 0 saturated heterocycles. The van der Waals surface area contributed by atoms with Crippen LogP contribution >= 0.6 is 0 Å². The van der Waals surface area contributed by atoms with Crippen LogP contribution in [0.15, 0.2) is 18.2 Å². The summed E-state index contributed by atoms with van der Waals surface area (Å²) < 4.78 is 18.6. The van der Waals surface area contributed by atoms with Crippen molar-refractivity contribution in [1.29, 1.82) is 0 Å². The van der Waals surface area contributed by atoms with Crippen molar-refractivity contribution in [3.05, 3.63) is 34.4 Å². The minimum atomic E-state index is -0.601. The van der Waals surface area contributed by atoms with E-state index in [4.69, 9.17) is 4.74 Å². The number of nitrogens with one attached hydrogen (secondary N) is 1. The molecule has 1 aromatic heterocycles. The first kappa shape index (κ1) is 14.2. The molecule has 0 amide bonds. The number of ether oxygens (including phenoxy) is 1. The molecule has 1 aromatic carbocycles. The summed E-state index contributed by atoms with van der Waals surface area (Å²) in [7, 11) is 1.54. The van der Waals surface area contributed by atoms with Gasteiger partial charge < -0.3 is 15.2 Å². The molecule has 1 N–H and O–H groups in total. The lowest BCUT2D eigenvalue weighted by molar-refractivity contribution is -0.672. The minimum Gasteiger partial charge on any atom is -0.739 e. The largest absolute Gasteiger partial charge is 0.739 e. The lowest BCUT2D eigenvalue weighted by atomic mass is 10.2. The standard InChI is InChI=1S/C12H15FN4O3/c1-3-9(7-20-2)14-12-15-17(19)11-6-8(13)4-5-10(11)16(12)18/h4-6,9H,3,7H2,1-2H3,(H,14,15). The van der Waals surface area contributed by atoms with E-state index >= 15 is 0 Å². The average Bonchev–Trinajstić information content (AvgIpc) is 2.43. The van der Waals surface area contributed by atoms with Gasteiger partial charge in [0.05, 0.1) is 18.7 Å². The molecule has 0 aliphatic carbocycles. The van der Waals surface area contributed by atoms with Crippen molar-refractivity contribution in [2.75, 3.05) is 19.0 Å². The Morgan fingerprint density at radius 1 is 1.40 bits per heavy atom. The highest BCUT2D eigenvalue weighted by Crippen LogP contribution is 2.09. The van der Waals surface area contributed by atoms with Gasteiger partial charge in [0.1, 0.15) is 5.82 Å². The first-order chi connectivity index (χ1) is 9.56. The second-order valence-corrected chi connectivity index (χ2v) is 4.33. The number of hydrogen-bond donors (Lipinski definition) is 1. The Bertz CT molecular complexity index is 623. The molecule has 0 bridgehead atoms. The Morgan fingerprint density at radius 3 is 2.80 bits per heavy atom. The van der Waals surface area contributed by atoms with Gasteiger partial charge in [-0.15, -0.1) is 0 Å². The molecule has 2 aromatic rings. The highest BCUT2D eigenvalue weighted by atomic mass is 19.1. The summed E-state index contributed by atoms with van der Waals surface area (Å²) in [6.45, 7) is 2.28. The van der Waals surface area contributed by atoms with Gasteiger partial charge in [0.2, 0.25) is 5.10 Å². The fraction of sp³-hybridized carbons (Fsp3) is 0.417. The number of benzene rings is 1. The van der Waals surface area contributed by atoms with Gasteiger partial charge in [-0.2, -0.15) is 0 Å². The number of fused-ring (bicyclic) bond motifs is 1. The Hall–Kier alpha value is -2.22. The summed E-state index contributed by atoms with van der Waals surface area (Å²) >= 11 is 0. The van der Waals surface area contributed by atoms with Crippen LogP contribution in [0.1, 0.15) is 13.3 Å². The fourth-order valence-corrected chi connectivity index (χ4v) is 1.85. The second kappa shape index (κ2) is 5.83. The number of halogens is 1. The third kappa shape index (κ3) is 2.69. The SMILES string of the molecule is CCC(COC)Nc1n[n+]([O-])c2cc(F)ccc2[n+]1[O-]. The maximum atomic E-state index is 13.1. The topological polar surface area (TPSA) is 88.0 Å². The summed E-state index contributed by atoms with van der Waals surface area (Å²) in [5.41, 5.74) is -0.0727. The lowest BCUT2D eigenvalue weighted by Crippen LogP contribution is -2.46. The molecule has 2 rings (SSSR count). The summed E-state index contributed by atoms with van der Waals surface area (Å²) in [4.78, 5) is 0.231. The quantitative estimate of drug-likeness (QED) is 0.636. The molecular weight excluding hydrogens is 267 g/mol. The first-order valence-corrected chi connectivity index (χ1v) is 6.15. The predicted octanol–water partition coefficient (Wildman–Crippen LogP) is 0.478. The zero-order valence-corrected chi connectivity index (χ0v) is 11.2. The molecule has 1 unspecified atom stereocenters. The summed E-state index contributed by atoms with van der Waals surface area (Å²) in [6.07, 6.45) is 0.690. The fourth-order valence-electron chi connectivity index (χ4n) is 1.85. The van der Waals surface area contributed by atoms with Gasteiger partial charge in [-0.3, -0.25) is 5.32 Å². The molecule has 1 heterocycles. The van der Waals surface area contributed by atoms with Crippen LogP contribution in [-0.4, -0.2) is 24.9 Å². The molecule has 0 radical (unpaired) electrons. The average molecular weight is 282 g/mol. The number of hydrogen-bond acceptors (Lipinski definition) is 5. The van der Waals surface area contributed by atoms with Crippen LogP contribution in [0, 0.1) is 16.2 Å². The Balaban J connectivity index is 2.45. The van der Waals surface area contributed by atoms with E-state index < -0.39 is 5.82 Å². The van der Waals surface area contributed by atoms with E-state index in [1.54, 1.807) is 7.11 Å². The normalized spacial score (nSPS) is 12.6. The zero-order valence-electron chi connectivity index (χ0n) is 11.2. The molecule has 0 fully saturated rings. The van der Waals surface area contributed by atoms with Gasteiger partial charge in [0, 0.05) is 12.0 Å². The molecule has 108 valence electrons. The molecule has 8 heteroatoms. The third-order valence-corrected chi connectivity index (χ3v) is 2.93. The zero-order chi connectivity index (χ0) is 14.7. The van der Waals surface area contributed by atoms with Gasteiger partial charge in [-0.05, 0) is 18.6 Å². The van der Waals surface area contributed by atoms with Crippen LogP contribution in [0.3, 0.4) is 0 Å². The number of anilines is 1. The van der Waals surface area contributed by atoms with Crippen molar-refractivity contribution in [3.8, 4) is 0 Å². The van der Waals surface area contributed by atoms with E-state index in [9.17, 15) is 14.8 Å². The van der Waals surface area contributed by atoms with Gasteiger partial charge >= 0.3 is 11.5 Å². The van der Waals surface area contributed by atoms with Crippen molar-refractivity contribution in [2.45, 2.75) is 19.4 Å². The highest BCUT2D eigenvalue weighted by Gasteiger charge is 2.23. The molecule has 0 aliphatic rings. The summed E-state index contributed by atoms with van der Waals surface area (Å²) in [5.74, 6) is -0.738. The molecule has 7 nitrogen and oxygen atoms in total. The highest BCUT2D eigenvalue weighted by molar-refractivity contribution is 5.67. The number of nitrogens with zero attached hydrogens (tertiary/aromatic N) is 3. The Labute approximate surface area is 114 Å². The van der Waals surface area contributed by atoms with Gasteiger partial charge in [-0.1, -0.05) is 6.92 Å². The summed E-state index contributed by atoms with van der Waals surface area (Å²) in [6, 6.07) is 3.19. The van der Waals surface area contributed by atoms with Crippen LogP contribution in [0.4, 0.5) is 10.3 Å². The van der Waals surface area contributed by atoms with E-state index in [2.05, 4.69) is 10.4 Å². The van der Waals surface area contributed by atoms with E-state index in [0.29, 0.717) is 17.8 Å². The van der Waals surface area contributed by atoms with Gasteiger partial charge in [0.25, 0.3) is 0 Å². The van der Waals surface area contributed by atoms with Crippen molar-refractivity contribution < 1.29 is 18.7 Å². The molecule has 0 saturated carbocycles. The maximum absolute atomic E-state index is 13.1. The van der Waals surface area contributed by atoms with Crippen molar-refractivity contribution in [3.63, 3.8) is 0 Å². The summed E-state index contributed by atoms with van der Waals surface area (Å²) in [5, 5.41) is 30.3. The number of aromatic nitrogens is 3. The second-order valence-electron chi connectivity index (χ2n) is 4.33. The lowest BCUT2D eigenvalue weighted by Gasteiger charge is -2.14. The molecule has 0 aliphatic heterocycles. The van der Waals surface area contributed by atoms with Crippen LogP contribution < -0.4 is 14.9 Å². The van der Waals surface area contributed by atoms with E-state index in [0.717, 1.165) is 12.1 Å². The maximum Gasteiger partial charge on any atom is 0.461 e. The molecule has 20 heavy (non-hydrogen) atoms. The minimum absolute atomic E-state index is 0.0474. The van der Waals surface area contributed by atoms with Crippen molar-refractivity contribution in [2.24, 2.45) is 0 Å². The first-order valence-electron chi connectivity index (χ1n) is 6.15. The van der Waals surface area contributed by atoms with E-state index in [1.165, 1.54) is 6.07 Å². The predicted molar refractivity (Wildman–Crippen MR) is 69.2 cm³/mol. The van der Waals surface area contributed by atoms with Crippen molar-refractivity contribution >= 4 is 17.0 Å². The van der Waals surface area contributed by atoms with Crippen LogP contribution in [0.25, 0.3) is 11.0 Å². The van der Waals surface area contributed by atoms with Crippen molar-refractivity contribution in [1.82, 2.24) is 5.10 Å². The molecular formula is C12H15FN4O3.